The number of aromatic nitrogens is 4. The van der Waals surface area contributed by atoms with E-state index in [0.29, 0.717) is 24.0 Å². The zero-order chi connectivity index (χ0) is 13.1. The molecular formula is C10H14N6O2. The van der Waals surface area contributed by atoms with Gasteiger partial charge in [0, 0.05) is 20.0 Å². The summed E-state index contributed by atoms with van der Waals surface area (Å²) >= 11 is 0. The van der Waals surface area contributed by atoms with Gasteiger partial charge in [-0.1, -0.05) is 0 Å². The molecule has 8 nitrogen and oxygen atoms in total. The van der Waals surface area contributed by atoms with Crippen molar-refractivity contribution < 1.29 is 4.79 Å². The van der Waals surface area contributed by atoms with Gasteiger partial charge in [0.15, 0.2) is 5.65 Å². The van der Waals surface area contributed by atoms with Crippen LogP contribution in [0.4, 0.5) is 0 Å². The van der Waals surface area contributed by atoms with Crippen LogP contribution in [-0.2, 0) is 18.4 Å². The van der Waals surface area contributed by atoms with Crippen LogP contribution in [0.25, 0.3) is 11.0 Å². The van der Waals surface area contributed by atoms with E-state index in [1.165, 1.54) is 17.1 Å². The number of rotatable bonds is 4. The van der Waals surface area contributed by atoms with Gasteiger partial charge in [-0.2, -0.15) is 5.10 Å². The minimum Gasteiger partial charge on any atom is -0.299 e. The predicted molar refractivity (Wildman–Crippen MR) is 64.3 cm³/mol. The Morgan fingerprint density at radius 2 is 2.33 bits per heavy atom. The van der Waals surface area contributed by atoms with Gasteiger partial charge in [0.25, 0.3) is 5.56 Å². The summed E-state index contributed by atoms with van der Waals surface area (Å²) < 4.78 is 3.01. The number of carbonyl (C=O) groups is 1. The molecule has 2 aromatic heterocycles. The Hall–Kier alpha value is -2.22. The van der Waals surface area contributed by atoms with Crippen LogP contribution < -0.4 is 16.8 Å². The van der Waals surface area contributed by atoms with Crippen molar-refractivity contribution in [3.8, 4) is 0 Å². The molecule has 0 atom stereocenters. The molecule has 0 aliphatic heterocycles. The van der Waals surface area contributed by atoms with E-state index in [1.807, 2.05) is 5.43 Å². The van der Waals surface area contributed by atoms with Gasteiger partial charge < -0.3 is 0 Å². The molecule has 3 N–H and O–H groups in total. The Labute approximate surface area is 102 Å². The SMILES string of the molecule is Cn1ncc2c(=O)n(CCCC(=O)NN)cnc21. The maximum atomic E-state index is 12.0. The first-order valence-corrected chi connectivity index (χ1v) is 5.50. The molecule has 0 unspecified atom stereocenters. The van der Waals surface area contributed by atoms with Crippen LogP contribution in [0.5, 0.6) is 0 Å². The fraction of sp³-hybridized carbons (Fsp3) is 0.400. The van der Waals surface area contributed by atoms with E-state index in [2.05, 4.69) is 10.1 Å². The first-order chi connectivity index (χ1) is 8.63. The zero-order valence-electron chi connectivity index (χ0n) is 9.96. The number of hydrazine groups is 1. The van der Waals surface area contributed by atoms with E-state index in [0.717, 1.165) is 0 Å². The van der Waals surface area contributed by atoms with Crippen molar-refractivity contribution in [3.05, 3.63) is 22.9 Å². The van der Waals surface area contributed by atoms with Crippen LogP contribution in [-0.4, -0.2) is 25.2 Å². The number of carbonyl (C=O) groups excluding carboxylic acids is 1. The Morgan fingerprint density at radius 1 is 1.56 bits per heavy atom. The topological polar surface area (TPSA) is 108 Å². The van der Waals surface area contributed by atoms with Gasteiger partial charge in [-0.15, -0.1) is 0 Å². The first kappa shape index (κ1) is 12.2. The highest BCUT2D eigenvalue weighted by atomic mass is 16.2. The molecular weight excluding hydrogens is 236 g/mol. The number of amides is 1. The highest BCUT2D eigenvalue weighted by Gasteiger charge is 2.08. The summed E-state index contributed by atoms with van der Waals surface area (Å²) in [4.78, 5) is 27.1. The van der Waals surface area contributed by atoms with Crippen LogP contribution in [0.2, 0.25) is 0 Å². The Bertz CT molecular complexity index is 629. The standard InChI is InChI=1S/C10H14N6O2/c1-15-9-7(5-13-15)10(18)16(6-12-9)4-2-3-8(17)14-11/h5-6H,2-4,11H2,1H3,(H,14,17). The van der Waals surface area contributed by atoms with Gasteiger partial charge in [-0.05, 0) is 6.42 Å². The molecule has 0 aromatic carbocycles. The maximum absolute atomic E-state index is 12.0. The molecule has 2 aromatic rings. The van der Waals surface area contributed by atoms with Gasteiger partial charge in [0.1, 0.15) is 5.39 Å². The summed E-state index contributed by atoms with van der Waals surface area (Å²) in [5, 5.41) is 4.45. The summed E-state index contributed by atoms with van der Waals surface area (Å²) in [7, 11) is 1.73. The quantitative estimate of drug-likeness (QED) is 0.407. The third-order valence-electron chi connectivity index (χ3n) is 2.68. The number of nitrogens with zero attached hydrogens (tertiary/aromatic N) is 4. The molecule has 0 fully saturated rings. The Balaban J connectivity index is 2.17. The number of aryl methyl sites for hydroxylation is 2. The lowest BCUT2D eigenvalue weighted by Gasteiger charge is -2.04. The summed E-state index contributed by atoms with van der Waals surface area (Å²) in [6.07, 6.45) is 3.75. The van der Waals surface area contributed by atoms with Crippen molar-refractivity contribution >= 4 is 16.9 Å². The number of hydrogen-bond donors (Lipinski definition) is 2. The normalized spacial score (nSPS) is 10.8. The maximum Gasteiger partial charge on any atom is 0.264 e. The lowest BCUT2D eigenvalue weighted by atomic mass is 10.3. The first-order valence-electron chi connectivity index (χ1n) is 5.50. The molecule has 0 aliphatic carbocycles. The van der Waals surface area contributed by atoms with Crippen LogP contribution in [0, 0.1) is 0 Å². The molecule has 0 saturated carbocycles. The van der Waals surface area contributed by atoms with Crippen molar-refractivity contribution in [2.24, 2.45) is 12.9 Å². The van der Waals surface area contributed by atoms with E-state index in [4.69, 9.17) is 5.84 Å². The van der Waals surface area contributed by atoms with Crippen molar-refractivity contribution in [1.29, 1.82) is 0 Å². The van der Waals surface area contributed by atoms with Gasteiger partial charge in [0.2, 0.25) is 5.91 Å². The molecule has 0 saturated heterocycles. The highest BCUT2D eigenvalue weighted by Crippen LogP contribution is 2.03. The van der Waals surface area contributed by atoms with E-state index in [9.17, 15) is 9.59 Å². The fourth-order valence-corrected chi connectivity index (χ4v) is 1.71. The third kappa shape index (κ3) is 2.23. The van der Waals surface area contributed by atoms with Gasteiger partial charge in [0.05, 0.1) is 12.5 Å². The van der Waals surface area contributed by atoms with Crippen molar-refractivity contribution in [2.45, 2.75) is 19.4 Å². The van der Waals surface area contributed by atoms with E-state index >= 15 is 0 Å². The number of fused-ring (bicyclic) bond motifs is 1. The molecule has 0 aliphatic rings. The molecule has 8 heteroatoms. The molecule has 96 valence electrons. The van der Waals surface area contributed by atoms with Crippen molar-refractivity contribution in [3.63, 3.8) is 0 Å². The lowest BCUT2D eigenvalue weighted by molar-refractivity contribution is -0.121. The smallest absolute Gasteiger partial charge is 0.264 e. The van der Waals surface area contributed by atoms with Crippen LogP contribution >= 0.6 is 0 Å². The van der Waals surface area contributed by atoms with Crippen LogP contribution in [0.15, 0.2) is 17.3 Å². The summed E-state index contributed by atoms with van der Waals surface area (Å²) in [6, 6.07) is 0. The molecule has 18 heavy (non-hydrogen) atoms. The second kappa shape index (κ2) is 4.96. The van der Waals surface area contributed by atoms with E-state index in [-0.39, 0.29) is 17.9 Å². The van der Waals surface area contributed by atoms with Crippen LogP contribution in [0.3, 0.4) is 0 Å². The van der Waals surface area contributed by atoms with E-state index < -0.39 is 0 Å². The Kier molecular flexibility index (Phi) is 3.38. The number of nitrogens with one attached hydrogen (secondary N) is 1. The van der Waals surface area contributed by atoms with Crippen LogP contribution in [0.1, 0.15) is 12.8 Å². The molecule has 0 bridgehead atoms. The fourth-order valence-electron chi connectivity index (χ4n) is 1.71. The van der Waals surface area contributed by atoms with Gasteiger partial charge in [-0.25, -0.2) is 10.8 Å². The van der Waals surface area contributed by atoms with E-state index in [1.54, 1.807) is 11.7 Å². The summed E-state index contributed by atoms with van der Waals surface area (Å²) in [6.45, 7) is 0.421. The van der Waals surface area contributed by atoms with Crippen molar-refractivity contribution in [2.75, 3.05) is 0 Å². The largest absolute Gasteiger partial charge is 0.299 e. The predicted octanol–water partition coefficient (Wildman–Crippen LogP) is -1.10. The second-order valence-corrected chi connectivity index (χ2v) is 3.92. The molecule has 0 spiro atoms. The monoisotopic (exact) mass is 250 g/mol. The summed E-state index contributed by atoms with van der Waals surface area (Å²) in [5.74, 6) is 4.72. The zero-order valence-corrected chi connectivity index (χ0v) is 9.96. The molecule has 0 radical (unpaired) electrons. The van der Waals surface area contributed by atoms with Crippen molar-refractivity contribution in [1.82, 2.24) is 24.8 Å². The molecule has 1 amide bonds. The molecule has 2 rings (SSSR count). The lowest BCUT2D eigenvalue weighted by Crippen LogP contribution is -2.30. The minimum atomic E-state index is -0.251. The van der Waals surface area contributed by atoms with Gasteiger partial charge in [-0.3, -0.25) is 24.3 Å². The number of nitrogens with two attached hydrogens (primary N) is 1. The molecule has 2 heterocycles. The number of hydrogen-bond acceptors (Lipinski definition) is 5. The second-order valence-electron chi connectivity index (χ2n) is 3.92. The minimum absolute atomic E-state index is 0.152. The third-order valence-corrected chi connectivity index (χ3v) is 2.68. The average molecular weight is 250 g/mol. The van der Waals surface area contributed by atoms with Gasteiger partial charge >= 0.3 is 0 Å². The Morgan fingerprint density at radius 3 is 3.06 bits per heavy atom. The average Bonchev–Trinajstić information content (AvgIpc) is 2.74. The summed E-state index contributed by atoms with van der Waals surface area (Å²) in [5.41, 5.74) is 2.44. The highest BCUT2D eigenvalue weighted by molar-refractivity contribution is 5.75.